The van der Waals surface area contributed by atoms with E-state index >= 15 is 0 Å². The molecule has 1 atom stereocenters. The van der Waals surface area contributed by atoms with E-state index in [4.69, 9.17) is 14.2 Å². The highest BCUT2D eigenvalue weighted by Crippen LogP contribution is 2.25. The Morgan fingerprint density at radius 3 is 2.43 bits per heavy atom. The lowest BCUT2D eigenvalue weighted by molar-refractivity contribution is -0.148. The first kappa shape index (κ1) is 20.9. The maximum absolute atomic E-state index is 12.4. The van der Waals surface area contributed by atoms with Crippen LogP contribution in [-0.4, -0.2) is 32.2 Å². The van der Waals surface area contributed by atoms with Crippen molar-refractivity contribution in [1.29, 1.82) is 0 Å². The number of carbonyl (C=O) groups is 2. The number of hydrogen-bond acceptors (Lipinski definition) is 5. The van der Waals surface area contributed by atoms with E-state index in [0.29, 0.717) is 22.7 Å². The summed E-state index contributed by atoms with van der Waals surface area (Å²) < 4.78 is 15.7. The number of benzene rings is 3. The number of esters is 1. The van der Waals surface area contributed by atoms with Crippen molar-refractivity contribution in [1.82, 2.24) is 0 Å². The Hall–Kier alpha value is -3.80. The zero-order chi connectivity index (χ0) is 21.5. The molecule has 3 aromatic carbocycles. The van der Waals surface area contributed by atoms with Crippen LogP contribution >= 0.6 is 0 Å². The topological polar surface area (TPSA) is 73.9 Å². The molecule has 0 radical (unpaired) electrons. The number of rotatable bonds is 7. The molecule has 30 heavy (non-hydrogen) atoms. The molecule has 3 rings (SSSR count). The van der Waals surface area contributed by atoms with Crippen LogP contribution in [-0.2, 0) is 14.3 Å². The molecule has 0 aliphatic carbocycles. The molecule has 0 spiro atoms. The standard InChI is InChI=1S/C24H23NO5/c1-16(24(27)25-20-10-8-17-6-4-5-7-18(17)14-20)30-23(26)13-9-19-15-21(28-2)11-12-22(19)29-3/h4-16H,1-3H3,(H,25,27)/b13-9+. The van der Waals surface area contributed by atoms with Crippen molar-refractivity contribution in [2.75, 3.05) is 19.5 Å². The minimum absolute atomic E-state index is 0.411. The molecular formula is C24H23NO5. The highest BCUT2D eigenvalue weighted by atomic mass is 16.5. The number of hydrogen-bond donors (Lipinski definition) is 1. The Morgan fingerprint density at radius 2 is 1.70 bits per heavy atom. The van der Waals surface area contributed by atoms with Gasteiger partial charge in [0.05, 0.1) is 14.2 Å². The Kier molecular flexibility index (Phi) is 6.70. The van der Waals surface area contributed by atoms with Gasteiger partial charge in [0, 0.05) is 17.3 Å². The second kappa shape index (κ2) is 9.60. The minimum atomic E-state index is -0.958. The van der Waals surface area contributed by atoms with Crippen molar-refractivity contribution >= 4 is 34.4 Å². The van der Waals surface area contributed by atoms with E-state index in [1.54, 1.807) is 31.4 Å². The number of methoxy groups -OCH3 is 2. The number of amides is 1. The SMILES string of the molecule is COc1ccc(OC)c(/C=C/C(=O)OC(C)C(=O)Nc2ccc3ccccc3c2)c1. The largest absolute Gasteiger partial charge is 0.497 e. The van der Waals surface area contributed by atoms with Gasteiger partial charge < -0.3 is 19.5 Å². The quantitative estimate of drug-likeness (QED) is 0.465. The van der Waals surface area contributed by atoms with Crippen LogP contribution in [0.5, 0.6) is 11.5 Å². The van der Waals surface area contributed by atoms with Gasteiger partial charge in [-0.25, -0.2) is 4.79 Å². The lowest BCUT2D eigenvalue weighted by Crippen LogP contribution is -2.29. The van der Waals surface area contributed by atoms with Crippen molar-refractivity contribution in [3.05, 3.63) is 72.3 Å². The molecule has 0 saturated carbocycles. The maximum Gasteiger partial charge on any atom is 0.331 e. The minimum Gasteiger partial charge on any atom is -0.497 e. The van der Waals surface area contributed by atoms with E-state index in [1.807, 2.05) is 42.5 Å². The van der Waals surface area contributed by atoms with E-state index in [2.05, 4.69) is 5.32 Å². The highest BCUT2D eigenvalue weighted by molar-refractivity contribution is 5.98. The lowest BCUT2D eigenvalue weighted by atomic mass is 10.1. The first-order chi connectivity index (χ1) is 14.5. The summed E-state index contributed by atoms with van der Waals surface area (Å²) in [5.41, 5.74) is 1.29. The summed E-state index contributed by atoms with van der Waals surface area (Å²) in [5, 5.41) is 4.86. The Labute approximate surface area is 175 Å². The van der Waals surface area contributed by atoms with E-state index in [9.17, 15) is 9.59 Å². The Balaban J connectivity index is 1.61. The molecule has 6 nitrogen and oxygen atoms in total. The second-order valence-corrected chi connectivity index (χ2v) is 6.57. The van der Waals surface area contributed by atoms with Gasteiger partial charge in [-0.1, -0.05) is 30.3 Å². The van der Waals surface area contributed by atoms with Gasteiger partial charge in [-0.15, -0.1) is 0 Å². The molecule has 0 saturated heterocycles. The van der Waals surface area contributed by atoms with Gasteiger partial charge in [0.2, 0.25) is 0 Å². The molecule has 154 valence electrons. The molecule has 0 aliphatic rings. The molecule has 0 fully saturated rings. The van der Waals surface area contributed by atoms with Crippen molar-refractivity contribution in [3.8, 4) is 11.5 Å². The fourth-order valence-corrected chi connectivity index (χ4v) is 2.91. The first-order valence-corrected chi connectivity index (χ1v) is 9.40. The molecule has 3 aromatic rings. The number of carbonyl (C=O) groups excluding carboxylic acids is 2. The predicted octanol–water partition coefficient (Wildman–Crippen LogP) is 4.44. The highest BCUT2D eigenvalue weighted by Gasteiger charge is 2.17. The van der Waals surface area contributed by atoms with Gasteiger partial charge in [0.25, 0.3) is 5.91 Å². The normalized spacial score (nSPS) is 11.8. The maximum atomic E-state index is 12.4. The van der Waals surface area contributed by atoms with Crippen LogP contribution in [0.15, 0.2) is 66.7 Å². The summed E-state index contributed by atoms with van der Waals surface area (Å²) in [6.45, 7) is 1.52. The summed E-state index contributed by atoms with van der Waals surface area (Å²) in [6, 6.07) is 18.7. The zero-order valence-electron chi connectivity index (χ0n) is 17.0. The summed E-state index contributed by atoms with van der Waals surface area (Å²) in [5.74, 6) is 0.168. The van der Waals surface area contributed by atoms with Crippen molar-refractivity contribution < 1.29 is 23.8 Å². The molecule has 0 aliphatic heterocycles. The van der Waals surface area contributed by atoms with Crippen molar-refractivity contribution in [2.45, 2.75) is 13.0 Å². The van der Waals surface area contributed by atoms with Crippen LogP contribution in [0.25, 0.3) is 16.8 Å². The molecule has 0 heterocycles. The predicted molar refractivity (Wildman–Crippen MR) is 117 cm³/mol. The molecule has 1 amide bonds. The van der Waals surface area contributed by atoms with Crippen LogP contribution < -0.4 is 14.8 Å². The third-order valence-corrected chi connectivity index (χ3v) is 4.52. The van der Waals surface area contributed by atoms with Crippen LogP contribution in [0.3, 0.4) is 0 Å². The summed E-state index contributed by atoms with van der Waals surface area (Å²) in [4.78, 5) is 24.5. The van der Waals surface area contributed by atoms with Gasteiger partial charge in [0.1, 0.15) is 11.5 Å². The van der Waals surface area contributed by atoms with E-state index in [-0.39, 0.29) is 0 Å². The summed E-state index contributed by atoms with van der Waals surface area (Å²) in [7, 11) is 3.09. The lowest BCUT2D eigenvalue weighted by Gasteiger charge is -2.13. The smallest absolute Gasteiger partial charge is 0.331 e. The Bertz CT molecular complexity index is 1090. The Morgan fingerprint density at radius 1 is 0.933 bits per heavy atom. The molecule has 1 unspecified atom stereocenters. The third-order valence-electron chi connectivity index (χ3n) is 4.52. The number of ether oxygens (including phenoxy) is 3. The number of nitrogens with one attached hydrogen (secondary N) is 1. The monoisotopic (exact) mass is 405 g/mol. The van der Waals surface area contributed by atoms with Gasteiger partial charge >= 0.3 is 5.97 Å². The molecular weight excluding hydrogens is 382 g/mol. The van der Waals surface area contributed by atoms with E-state index in [0.717, 1.165) is 10.8 Å². The van der Waals surface area contributed by atoms with E-state index in [1.165, 1.54) is 20.1 Å². The first-order valence-electron chi connectivity index (χ1n) is 9.40. The van der Waals surface area contributed by atoms with Gasteiger partial charge in [-0.3, -0.25) is 4.79 Å². The molecule has 0 aromatic heterocycles. The molecule has 0 bridgehead atoms. The van der Waals surface area contributed by atoms with Gasteiger partial charge in [-0.05, 0) is 54.1 Å². The van der Waals surface area contributed by atoms with Crippen LogP contribution in [0, 0.1) is 0 Å². The summed E-state index contributed by atoms with van der Waals surface area (Å²) in [6.07, 6.45) is 1.84. The number of anilines is 1. The van der Waals surface area contributed by atoms with Crippen LogP contribution in [0.2, 0.25) is 0 Å². The second-order valence-electron chi connectivity index (χ2n) is 6.57. The average Bonchev–Trinajstić information content (AvgIpc) is 2.77. The fraction of sp³-hybridized carbons (Fsp3) is 0.167. The fourth-order valence-electron chi connectivity index (χ4n) is 2.91. The number of fused-ring (bicyclic) bond motifs is 1. The zero-order valence-corrected chi connectivity index (χ0v) is 17.0. The van der Waals surface area contributed by atoms with E-state index < -0.39 is 18.0 Å². The molecule has 6 heteroatoms. The van der Waals surface area contributed by atoms with Crippen LogP contribution in [0.1, 0.15) is 12.5 Å². The average molecular weight is 405 g/mol. The third kappa shape index (κ3) is 5.17. The van der Waals surface area contributed by atoms with Crippen molar-refractivity contribution in [2.24, 2.45) is 0 Å². The molecule has 1 N–H and O–H groups in total. The van der Waals surface area contributed by atoms with Gasteiger partial charge in [0.15, 0.2) is 6.10 Å². The summed E-state index contributed by atoms with van der Waals surface area (Å²) >= 11 is 0. The van der Waals surface area contributed by atoms with Crippen LogP contribution in [0.4, 0.5) is 5.69 Å². The van der Waals surface area contributed by atoms with Crippen molar-refractivity contribution in [3.63, 3.8) is 0 Å². The van der Waals surface area contributed by atoms with Gasteiger partial charge in [-0.2, -0.15) is 0 Å².